The van der Waals surface area contributed by atoms with E-state index in [2.05, 4.69) is 53.2 Å². The van der Waals surface area contributed by atoms with Crippen molar-refractivity contribution < 1.29 is 4.79 Å². The van der Waals surface area contributed by atoms with Crippen molar-refractivity contribution in [2.45, 2.75) is 45.3 Å². The summed E-state index contributed by atoms with van der Waals surface area (Å²) in [4.78, 5) is 17.4. The van der Waals surface area contributed by atoms with Crippen LogP contribution in [0.15, 0.2) is 60.7 Å². The van der Waals surface area contributed by atoms with Crippen molar-refractivity contribution in [3.8, 4) is 0 Å². The number of anilines is 1. The number of nitrogens with zero attached hydrogens (tertiary/aromatic N) is 2. The molecule has 0 aliphatic carbocycles. The number of hydrogen-bond donors (Lipinski definition) is 1. The minimum Gasteiger partial charge on any atom is -0.358 e. The molecule has 0 aromatic heterocycles. The van der Waals surface area contributed by atoms with Gasteiger partial charge in [-0.3, -0.25) is 4.79 Å². The zero-order valence-corrected chi connectivity index (χ0v) is 16.5. The number of rotatable bonds is 7. The van der Waals surface area contributed by atoms with Crippen LogP contribution in [0.4, 0.5) is 5.69 Å². The molecule has 0 bridgehead atoms. The van der Waals surface area contributed by atoms with Crippen molar-refractivity contribution in [2.24, 2.45) is 0 Å². The predicted molar refractivity (Wildman–Crippen MR) is 112 cm³/mol. The van der Waals surface area contributed by atoms with Crippen LogP contribution in [-0.2, 0) is 11.3 Å². The molecule has 1 fully saturated rings. The standard InChI is InChI=1S/C23H31N3O/c1-19(2)25-15-13-21(14-16-25)24-23(27)18-26(22-11-7-4-8-12-22)17-20-9-5-3-6-10-20/h3-12,19,21H,13-18H2,1-2H3,(H,24,27). The van der Waals surface area contributed by atoms with Gasteiger partial charge in [-0.1, -0.05) is 48.5 Å². The van der Waals surface area contributed by atoms with Gasteiger partial charge in [-0.25, -0.2) is 0 Å². The van der Waals surface area contributed by atoms with E-state index in [1.165, 1.54) is 5.56 Å². The van der Waals surface area contributed by atoms with Gasteiger partial charge in [0, 0.05) is 37.4 Å². The molecule has 144 valence electrons. The Morgan fingerprint density at radius 2 is 1.63 bits per heavy atom. The number of benzene rings is 2. The predicted octanol–water partition coefficient (Wildman–Crippen LogP) is 3.68. The number of hydrogen-bond acceptors (Lipinski definition) is 3. The van der Waals surface area contributed by atoms with Crippen molar-refractivity contribution in [3.05, 3.63) is 66.2 Å². The van der Waals surface area contributed by atoms with Crippen LogP contribution in [-0.4, -0.2) is 42.5 Å². The number of likely N-dealkylation sites (tertiary alicyclic amines) is 1. The first-order valence-electron chi connectivity index (χ1n) is 9.99. The lowest BCUT2D eigenvalue weighted by molar-refractivity contribution is -0.120. The molecular weight excluding hydrogens is 334 g/mol. The zero-order valence-electron chi connectivity index (χ0n) is 16.5. The van der Waals surface area contributed by atoms with Crippen molar-refractivity contribution in [3.63, 3.8) is 0 Å². The van der Waals surface area contributed by atoms with Gasteiger partial charge in [-0.2, -0.15) is 0 Å². The van der Waals surface area contributed by atoms with Gasteiger partial charge in [0.15, 0.2) is 0 Å². The molecule has 1 N–H and O–H groups in total. The molecule has 2 aromatic rings. The first-order chi connectivity index (χ1) is 13.1. The highest BCUT2D eigenvalue weighted by atomic mass is 16.2. The molecule has 0 saturated carbocycles. The molecule has 4 heteroatoms. The van der Waals surface area contributed by atoms with Crippen LogP contribution in [0.25, 0.3) is 0 Å². The summed E-state index contributed by atoms with van der Waals surface area (Å²) in [5.74, 6) is 0.109. The van der Waals surface area contributed by atoms with Gasteiger partial charge in [0.05, 0.1) is 6.54 Å². The van der Waals surface area contributed by atoms with Gasteiger partial charge in [0.25, 0.3) is 0 Å². The van der Waals surface area contributed by atoms with Gasteiger partial charge < -0.3 is 15.1 Å². The number of nitrogens with one attached hydrogen (secondary N) is 1. The molecule has 1 aliphatic rings. The second-order valence-electron chi connectivity index (χ2n) is 7.65. The molecule has 1 aliphatic heterocycles. The summed E-state index contributed by atoms with van der Waals surface area (Å²) >= 11 is 0. The molecule has 1 amide bonds. The van der Waals surface area contributed by atoms with E-state index in [4.69, 9.17) is 0 Å². The lowest BCUT2D eigenvalue weighted by atomic mass is 10.0. The summed E-state index contributed by atoms with van der Waals surface area (Å²) in [7, 11) is 0. The number of para-hydroxylation sites is 1. The maximum absolute atomic E-state index is 12.7. The zero-order chi connectivity index (χ0) is 19.1. The third-order valence-corrected chi connectivity index (χ3v) is 5.30. The molecule has 1 heterocycles. The van der Waals surface area contributed by atoms with Gasteiger partial charge in [0.1, 0.15) is 0 Å². The second kappa shape index (κ2) is 9.56. The van der Waals surface area contributed by atoms with Crippen molar-refractivity contribution in [1.29, 1.82) is 0 Å². The Hall–Kier alpha value is -2.33. The maximum atomic E-state index is 12.7. The Morgan fingerprint density at radius 1 is 1.04 bits per heavy atom. The quantitative estimate of drug-likeness (QED) is 0.813. The van der Waals surface area contributed by atoms with Crippen LogP contribution in [0.1, 0.15) is 32.3 Å². The van der Waals surface area contributed by atoms with Gasteiger partial charge in [-0.15, -0.1) is 0 Å². The highest BCUT2D eigenvalue weighted by Gasteiger charge is 2.22. The van der Waals surface area contributed by atoms with E-state index in [0.29, 0.717) is 18.6 Å². The number of amides is 1. The fourth-order valence-corrected chi connectivity index (χ4v) is 3.69. The summed E-state index contributed by atoms with van der Waals surface area (Å²) in [6.07, 6.45) is 2.07. The summed E-state index contributed by atoms with van der Waals surface area (Å²) < 4.78 is 0. The van der Waals surface area contributed by atoms with Crippen LogP contribution < -0.4 is 10.2 Å². The van der Waals surface area contributed by atoms with Crippen LogP contribution in [0.5, 0.6) is 0 Å². The average Bonchev–Trinajstić information content (AvgIpc) is 2.69. The summed E-state index contributed by atoms with van der Waals surface area (Å²) in [6, 6.07) is 21.4. The van der Waals surface area contributed by atoms with Crippen LogP contribution in [0, 0.1) is 0 Å². The maximum Gasteiger partial charge on any atom is 0.239 e. The van der Waals surface area contributed by atoms with E-state index < -0.39 is 0 Å². The Bertz CT molecular complexity index is 694. The summed E-state index contributed by atoms with van der Waals surface area (Å²) in [5.41, 5.74) is 2.28. The Kier molecular flexibility index (Phi) is 6.88. The highest BCUT2D eigenvalue weighted by molar-refractivity contribution is 5.81. The highest BCUT2D eigenvalue weighted by Crippen LogP contribution is 2.17. The van der Waals surface area contributed by atoms with Crippen molar-refractivity contribution >= 4 is 11.6 Å². The van der Waals surface area contributed by atoms with E-state index in [9.17, 15) is 4.79 Å². The van der Waals surface area contributed by atoms with E-state index in [1.807, 2.05) is 36.4 Å². The third-order valence-electron chi connectivity index (χ3n) is 5.30. The normalized spacial score (nSPS) is 15.7. The SMILES string of the molecule is CC(C)N1CCC(NC(=O)CN(Cc2ccccc2)c2ccccc2)CC1. The van der Waals surface area contributed by atoms with E-state index >= 15 is 0 Å². The Balaban J connectivity index is 1.59. The topological polar surface area (TPSA) is 35.6 Å². The largest absolute Gasteiger partial charge is 0.358 e. The number of carbonyl (C=O) groups excluding carboxylic acids is 1. The van der Waals surface area contributed by atoms with Gasteiger partial charge >= 0.3 is 0 Å². The lowest BCUT2D eigenvalue weighted by Crippen LogP contribution is -2.48. The molecular formula is C23H31N3O. The Morgan fingerprint density at radius 3 is 2.22 bits per heavy atom. The molecule has 4 nitrogen and oxygen atoms in total. The molecule has 3 rings (SSSR count). The van der Waals surface area contributed by atoms with Crippen LogP contribution >= 0.6 is 0 Å². The van der Waals surface area contributed by atoms with E-state index in [-0.39, 0.29) is 5.91 Å². The smallest absolute Gasteiger partial charge is 0.239 e. The van der Waals surface area contributed by atoms with Crippen LogP contribution in [0.2, 0.25) is 0 Å². The third kappa shape index (κ3) is 5.83. The van der Waals surface area contributed by atoms with Crippen molar-refractivity contribution in [1.82, 2.24) is 10.2 Å². The first-order valence-corrected chi connectivity index (χ1v) is 9.99. The molecule has 1 saturated heterocycles. The molecule has 0 atom stereocenters. The molecule has 27 heavy (non-hydrogen) atoms. The first kappa shape index (κ1) is 19.4. The fourth-order valence-electron chi connectivity index (χ4n) is 3.69. The molecule has 0 radical (unpaired) electrons. The van der Waals surface area contributed by atoms with Gasteiger partial charge in [0.2, 0.25) is 5.91 Å². The molecule has 2 aromatic carbocycles. The fraction of sp³-hybridized carbons (Fsp3) is 0.435. The lowest BCUT2D eigenvalue weighted by Gasteiger charge is -2.35. The monoisotopic (exact) mass is 365 g/mol. The summed E-state index contributed by atoms with van der Waals surface area (Å²) in [5, 5.41) is 3.26. The number of piperidine rings is 1. The minimum atomic E-state index is 0.109. The van der Waals surface area contributed by atoms with E-state index in [0.717, 1.165) is 38.2 Å². The van der Waals surface area contributed by atoms with Gasteiger partial charge in [-0.05, 0) is 44.4 Å². The Labute approximate surface area is 163 Å². The molecule has 0 unspecified atom stereocenters. The second-order valence-corrected chi connectivity index (χ2v) is 7.65. The van der Waals surface area contributed by atoms with E-state index in [1.54, 1.807) is 0 Å². The average molecular weight is 366 g/mol. The molecule has 0 spiro atoms. The van der Waals surface area contributed by atoms with Crippen molar-refractivity contribution in [2.75, 3.05) is 24.5 Å². The van der Waals surface area contributed by atoms with Crippen LogP contribution in [0.3, 0.4) is 0 Å². The minimum absolute atomic E-state index is 0.109. The summed E-state index contributed by atoms with van der Waals surface area (Å²) in [6.45, 7) is 7.71. The number of carbonyl (C=O) groups is 1.